The molecule has 0 spiro atoms. The number of amides is 1. The van der Waals surface area contributed by atoms with Gasteiger partial charge in [-0.15, -0.1) is 0 Å². The van der Waals surface area contributed by atoms with Crippen LogP contribution in [-0.2, 0) is 6.42 Å². The number of hydrogen-bond donors (Lipinski definition) is 3. The van der Waals surface area contributed by atoms with E-state index < -0.39 is 23.6 Å². The molecule has 0 unspecified atom stereocenters. The van der Waals surface area contributed by atoms with Crippen LogP contribution in [0.1, 0.15) is 39.2 Å². The lowest BCUT2D eigenvalue weighted by molar-refractivity contribution is 0.102. The summed E-state index contributed by atoms with van der Waals surface area (Å²) in [6.07, 6.45) is 2.89. The fourth-order valence-corrected chi connectivity index (χ4v) is 3.16. The second kappa shape index (κ2) is 7.34. The second-order valence-electron chi connectivity index (χ2n) is 6.61. The molecule has 2 aromatic heterocycles. The highest BCUT2D eigenvalue weighted by Crippen LogP contribution is 2.28. The van der Waals surface area contributed by atoms with Crippen molar-refractivity contribution >= 4 is 17.4 Å². The largest absolute Gasteiger partial charge is 0.363 e. The summed E-state index contributed by atoms with van der Waals surface area (Å²) in [5.41, 5.74) is 1.93. The number of amidine groups is 1. The molecule has 0 fully saturated rings. The Morgan fingerprint density at radius 3 is 2.79 bits per heavy atom. The molecule has 0 radical (unpaired) electrons. The predicted molar refractivity (Wildman–Crippen MR) is 102 cm³/mol. The van der Waals surface area contributed by atoms with Gasteiger partial charge in [0.25, 0.3) is 5.91 Å². The van der Waals surface area contributed by atoms with Crippen LogP contribution in [0.25, 0.3) is 0 Å². The minimum atomic E-state index is -0.546. The smallest absolute Gasteiger partial charge is 0.274 e. The molecule has 7 nitrogen and oxygen atoms in total. The van der Waals surface area contributed by atoms with Gasteiger partial charge in [0.15, 0.2) is 0 Å². The molecule has 1 aliphatic heterocycles. The first-order valence-electron chi connectivity index (χ1n) is 8.81. The zero-order valence-corrected chi connectivity index (χ0v) is 15.3. The monoisotopic (exact) mass is 394 g/mol. The van der Waals surface area contributed by atoms with E-state index in [1.807, 2.05) is 0 Å². The summed E-state index contributed by atoms with van der Waals surface area (Å²) in [4.78, 5) is 24.5. The topological polar surface area (TPSA) is 104 Å². The van der Waals surface area contributed by atoms with E-state index in [2.05, 4.69) is 25.6 Å². The maximum absolute atomic E-state index is 14.5. The van der Waals surface area contributed by atoms with Crippen LogP contribution in [0.5, 0.6) is 0 Å². The number of benzene rings is 1. The van der Waals surface area contributed by atoms with E-state index in [0.717, 1.165) is 12.3 Å². The number of aromatic nitrogens is 3. The number of rotatable bonds is 3. The minimum absolute atomic E-state index is 0.0379. The molecule has 0 bridgehead atoms. The van der Waals surface area contributed by atoms with Gasteiger partial charge < -0.3 is 10.6 Å². The maximum Gasteiger partial charge on any atom is 0.274 e. The number of hydrogen-bond acceptors (Lipinski definition) is 5. The second-order valence-corrected chi connectivity index (χ2v) is 6.61. The number of pyridine rings is 1. The van der Waals surface area contributed by atoms with Gasteiger partial charge in [0.2, 0.25) is 0 Å². The molecule has 0 saturated carbocycles. The average molecular weight is 394 g/mol. The van der Waals surface area contributed by atoms with Gasteiger partial charge >= 0.3 is 0 Å². The van der Waals surface area contributed by atoms with Crippen molar-refractivity contribution in [2.24, 2.45) is 0 Å². The highest BCUT2D eigenvalue weighted by Gasteiger charge is 2.27. The Bertz CT molecular complexity index is 1120. The summed E-state index contributed by atoms with van der Waals surface area (Å²) in [6, 6.07) is 6.05. The van der Waals surface area contributed by atoms with E-state index in [1.54, 1.807) is 13.1 Å². The quantitative estimate of drug-likeness (QED) is 0.634. The molecular formula is C20H16F2N6O. The molecule has 1 aliphatic rings. The molecule has 0 aliphatic carbocycles. The minimum Gasteiger partial charge on any atom is -0.363 e. The van der Waals surface area contributed by atoms with E-state index in [4.69, 9.17) is 5.41 Å². The predicted octanol–water partition coefficient (Wildman–Crippen LogP) is 2.92. The highest BCUT2D eigenvalue weighted by atomic mass is 19.1. The van der Waals surface area contributed by atoms with Gasteiger partial charge in [-0.1, -0.05) is 0 Å². The van der Waals surface area contributed by atoms with Gasteiger partial charge in [-0.25, -0.2) is 23.7 Å². The average Bonchev–Trinajstić information content (AvgIpc) is 2.69. The molecular weight excluding hydrogens is 378 g/mol. The first-order chi connectivity index (χ1) is 13.9. The van der Waals surface area contributed by atoms with E-state index in [9.17, 15) is 13.6 Å². The molecule has 0 saturated heterocycles. The summed E-state index contributed by atoms with van der Waals surface area (Å²) in [5, 5.41) is 13.8. The Balaban J connectivity index is 1.60. The van der Waals surface area contributed by atoms with Crippen molar-refractivity contribution in [2.45, 2.75) is 19.4 Å². The number of nitrogens with one attached hydrogen (secondary N) is 3. The number of fused-ring (bicyclic) bond motifs is 1. The molecule has 9 heteroatoms. The molecule has 1 aromatic carbocycles. The Labute approximate surface area is 164 Å². The van der Waals surface area contributed by atoms with Crippen molar-refractivity contribution in [2.75, 3.05) is 5.32 Å². The molecule has 146 valence electrons. The van der Waals surface area contributed by atoms with E-state index in [0.29, 0.717) is 34.8 Å². The van der Waals surface area contributed by atoms with Crippen LogP contribution in [-0.4, -0.2) is 26.7 Å². The van der Waals surface area contributed by atoms with E-state index in [-0.39, 0.29) is 11.5 Å². The number of nitrogens with zero attached hydrogens (tertiary/aromatic N) is 3. The van der Waals surface area contributed by atoms with Gasteiger partial charge in [0.05, 0.1) is 23.5 Å². The van der Waals surface area contributed by atoms with Crippen LogP contribution in [0.2, 0.25) is 0 Å². The zero-order chi connectivity index (χ0) is 20.5. The molecule has 3 N–H and O–H groups in total. The molecule has 29 heavy (non-hydrogen) atoms. The fraction of sp³-hybridized carbons (Fsp3) is 0.150. The van der Waals surface area contributed by atoms with Crippen molar-refractivity contribution in [3.63, 3.8) is 0 Å². The molecule has 1 amide bonds. The van der Waals surface area contributed by atoms with Crippen molar-refractivity contribution in [1.29, 1.82) is 5.41 Å². The van der Waals surface area contributed by atoms with Crippen LogP contribution in [0.3, 0.4) is 0 Å². The summed E-state index contributed by atoms with van der Waals surface area (Å²) in [6.45, 7) is 1.75. The van der Waals surface area contributed by atoms with E-state index >= 15 is 0 Å². The third-order valence-corrected chi connectivity index (χ3v) is 4.56. The highest BCUT2D eigenvalue weighted by molar-refractivity contribution is 6.03. The molecule has 4 rings (SSSR count). The zero-order valence-electron chi connectivity index (χ0n) is 15.3. The molecule has 1 atom stereocenters. The lowest BCUT2D eigenvalue weighted by Gasteiger charge is -2.27. The Hall–Kier alpha value is -3.75. The standard InChI is InChI=1S/C20H16F2N6O/c1-10-24-9-14-18(26-10)7-17(28-19(14)23)13-6-12(3-4-15(13)22)27-20(29)16-5-2-11(21)8-25-16/h2-6,8-9,17H,7H2,1H3,(H2,23,28)(H,27,29)/t17-/m0/s1. The SMILES string of the molecule is Cc1ncc2c(n1)C[C@@H](c1cc(NC(=O)c3ccc(F)cn3)ccc1F)NC2=N. The fourth-order valence-electron chi connectivity index (χ4n) is 3.16. The first-order valence-corrected chi connectivity index (χ1v) is 8.81. The first kappa shape index (κ1) is 18.6. The third-order valence-electron chi connectivity index (χ3n) is 4.56. The van der Waals surface area contributed by atoms with Crippen molar-refractivity contribution in [3.05, 3.63) is 82.7 Å². The lowest BCUT2D eigenvalue weighted by atomic mass is 9.94. The van der Waals surface area contributed by atoms with Gasteiger partial charge in [-0.05, 0) is 37.3 Å². The van der Waals surface area contributed by atoms with Crippen molar-refractivity contribution < 1.29 is 13.6 Å². The van der Waals surface area contributed by atoms with Gasteiger partial charge in [-0.2, -0.15) is 0 Å². The number of anilines is 1. The van der Waals surface area contributed by atoms with Crippen LogP contribution in [0, 0.1) is 24.0 Å². The Morgan fingerprint density at radius 1 is 1.21 bits per heavy atom. The van der Waals surface area contributed by atoms with Gasteiger partial charge in [0.1, 0.15) is 29.0 Å². The van der Waals surface area contributed by atoms with Gasteiger partial charge in [0, 0.05) is 23.9 Å². The maximum atomic E-state index is 14.5. The van der Waals surface area contributed by atoms with Crippen LogP contribution < -0.4 is 10.6 Å². The number of carbonyl (C=O) groups is 1. The van der Waals surface area contributed by atoms with Crippen molar-refractivity contribution in [1.82, 2.24) is 20.3 Å². The molecule has 3 aromatic rings. The Kier molecular flexibility index (Phi) is 4.71. The summed E-state index contributed by atoms with van der Waals surface area (Å²) in [5.74, 6) is -0.870. The van der Waals surface area contributed by atoms with Crippen LogP contribution in [0.15, 0.2) is 42.7 Å². The third kappa shape index (κ3) is 3.79. The normalized spacial score (nSPS) is 15.4. The number of carbonyl (C=O) groups excluding carboxylic acids is 1. The van der Waals surface area contributed by atoms with Crippen molar-refractivity contribution in [3.8, 4) is 0 Å². The summed E-state index contributed by atoms with van der Waals surface area (Å²) in [7, 11) is 0. The Morgan fingerprint density at radius 2 is 2.03 bits per heavy atom. The summed E-state index contributed by atoms with van der Waals surface area (Å²) < 4.78 is 27.5. The molecule has 3 heterocycles. The van der Waals surface area contributed by atoms with Gasteiger partial charge in [-0.3, -0.25) is 10.2 Å². The van der Waals surface area contributed by atoms with Crippen LogP contribution in [0.4, 0.5) is 14.5 Å². The lowest BCUT2D eigenvalue weighted by Crippen LogP contribution is -2.36. The summed E-state index contributed by atoms with van der Waals surface area (Å²) >= 11 is 0. The number of aryl methyl sites for hydroxylation is 1. The van der Waals surface area contributed by atoms with Crippen LogP contribution >= 0.6 is 0 Å². The number of halogens is 2. The van der Waals surface area contributed by atoms with E-state index in [1.165, 1.54) is 24.3 Å².